The average Bonchev–Trinajstić information content (AvgIpc) is 2.16. The number of ether oxygens (including phenoxy) is 1. The Labute approximate surface area is 86.1 Å². The van der Waals surface area contributed by atoms with Gasteiger partial charge in [0.25, 0.3) is 0 Å². The molecule has 0 saturated carbocycles. The standard InChI is InChI=1S/C10H12F3NO/c1-9(2,15-7-10(11,12)13)8-5-3-4-6-14-8/h3-6H,7H2,1-2H3. The van der Waals surface area contributed by atoms with Crippen molar-refractivity contribution in [2.24, 2.45) is 0 Å². The van der Waals surface area contributed by atoms with Gasteiger partial charge in [-0.05, 0) is 26.0 Å². The van der Waals surface area contributed by atoms with Gasteiger partial charge in [-0.1, -0.05) is 6.07 Å². The molecule has 0 spiro atoms. The molecule has 15 heavy (non-hydrogen) atoms. The van der Waals surface area contributed by atoms with Crippen LogP contribution in [0.25, 0.3) is 0 Å². The molecule has 0 aliphatic rings. The number of alkyl halides is 3. The van der Waals surface area contributed by atoms with Gasteiger partial charge in [0.05, 0.1) is 5.69 Å². The van der Waals surface area contributed by atoms with Crippen molar-refractivity contribution in [3.8, 4) is 0 Å². The number of aromatic nitrogens is 1. The molecule has 0 aliphatic carbocycles. The summed E-state index contributed by atoms with van der Waals surface area (Å²) < 4.78 is 40.7. The second-order valence-electron chi connectivity index (χ2n) is 3.63. The monoisotopic (exact) mass is 219 g/mol. The Balaban J connectivity index is 2.68. The van der Waals surface area contributed by atoms with Crippen molar-refractivity contribution >= 4 is 0 Å². The quantitative estimate of drug-likeness (QED) is 0.779. The van der Waals surface area contributed by atoms with Crippen molar-refractivity contribution in [1.29, 1.82) is 0 Å². The summed E-state index contributed by atoms with van der Waals surface area (Å²) in [5.41, 5.74) is -0.550. The molecule has 84 valence electrons. The van der Waals surface area contributed by atoms with Crippen LogP contribution in [0.15, 0.2) is 24.4 Å². The van der Waals surface area contributed by atoms with Crippen LogP contribution in [0.1, 0.15) is 19.5 Å². The summed E-state index contributed by atoms with van der Waals surface area (Å²) in [4.78, 5) is 3.96. The summed E-state index contributed by atoms with van der Waals surface area (Å²) in [5.74, 6) is 0. The molecular formula is C10H12F3NO. The van der Waals surface area contributed by atoms with Crippen LogP contribution < -0.4 is 0 Å². The molecular weight excluding hydrogens is 207 g/mol. The fraction of sp³-hybridized carbons (Fsp3) is 0.500. The third kappa shape index (κ3) is 3.87. The van der Waals surface area contributed by atoms with Gasteiger partial charge in [0, 0.05) is 6.20 Å². The zero-order valence-corrected chi connectivity index (χ0v) is 8.51. The van der Waals surface area contributed by atoms with Gasteiger partial charge in [0.2, 0.25) is 0 Å². The van der Waals surface area contributed by atoms with Crippen molar-refractivity contribution < 1.29 is 17.9 Å². The third-order valence-corrected chi connectivity index (χ3v) is 1.88. The molecule has 0 saturated heterocycles. The first-order valence-electron chi connectivity index (χ1n) is 4.43. The molecule has 5 heteroatoms. The predicted molar refractivity (Wildman–Crippen MR) is 49.3 cm³/mol. The van der Waals surface area contributed by atoms with E-state index in [4.69, 9.17) is 4.74 Å². The van der Waals surface area contributed by atoms with Crippen LogP contribution >= 0.6 is 0 Å². The lowest BCUT2D eigenvalue weighted by Gasteiger charge is -2.25. The number of hydrogen-bond donors (Lipinski definition) is 0. The molecule has 1 heterocycles. The normalized spacial score (nSPS) is 12.9. The smallest absolute Gasteiger partial charge is 0.360 e. The van der Waals surface area contributed by atoms with Crippen LogP contribution in [0.3, 0.4) is 0 Å². The van der Waals surface area contributed by atoms with Crippen molar-refractivity contribution in [2.45, 2.75) is 25.6 Å². The molecule has 0 radical (unpaired) electrons. The molecule has 2 nitrogen and oxygen atoms in total. The molecule has 1 rings (SSSR count). The Kier molecular flexibility index (Phi) is 3.34. The fourth-order valence-corrected chi connectivity index (χ4v) is 1.06. The predicted octanol–water partition coefficient (Wildman–Crippen LogP) is 2.90. The van der Waals surface area contributed by atoms with E-state index in [1.165, 1.54) is 6.20 Å². The Bertz CT molecular complexity index is 308. The maximum absolute atomic E-state index is 12.0. The first kappa shape index (κ1) is 12.0. The number of halogens is 3. The van der Waals surface area contributed by atoms with Crippen molar-refractivity contribution in [3.05, 3.63) is 30.1 Å². The number of nitrogens with zero attached hydrogens (tertiary/aromatic N) is 1. The summed E-state index contributed by atoms with van der Waals surface area (Å²) in [6.45, 7) is 1.85. The summed E-state index contributed by atoms with van der Waals surface area (Å²) in [7, 11) is 0. The highest BCUT2D eigenvalue weighted by atomic mass is 19.4. The first-order chi connectivity index (χ1) is 6.81. The molecule has 0 unspecified atom stereocenters. The van der Waals surface area contributed by atoms with Gasteiger partial charge in [-0.25, -0.2) is 0 Å². The van der Waals surface area contributed by atoms with E-state index in [1.807, 2.05) is 0 Å². The second-order valence-corrected chi connectivity index (χ2v) is 3.63. The molecule has 0 bridgehead atoms. The number of pyridine rings is 1. The lowest BCUT2D eigenvalue weighted by atomic mass is 10.0. The molecule has 0 N–H and O–H groups in total. The minimum atomic E-state index is -4.31. The van der Waals surface area contributed by atoms with E-state index in [2.05, 4.69) is 4.98 Å². The van der Waals surface area contributed by atoms with Crippen LogP contribution in [-0.2, 0) is 10.3 Å². The van der Waals surface area contributed by atoms with E-state index in [0.29, 0.717) is 5.69 Å². The Morgan fingerprint density at radius 3 is 2.40 bits per heavy atom. The minimum Gasteiger partial charge on any atom is -0.360 e. The maximum atomic E-state index is 12.0. The van der Waals surface area contributed by atoms with Crippen LogP contribution in [0, 0.1) is 0 Å². The van der Waals surface area contributed by atoms with Gasteiger partial charge >= 0.3 is 6.18 Å². The van der Waals surface area contributed by atoms with Gasteiger partial charge in [-0.3, -0.25) is 4.98 Å². The van der Waals surface area contributed by atoms with Crippen LogP contribution in [0.4, 0.5) is 13.2 Å². The SMILES string of the molecule is CC(C)(OCC(F)(F)F)c1ccccn1. The average molecular weight is 219 g/mol. The lowest BCUT2D eigenvalue weighted by molar-refractivity contribution is -0.202. The van der Waals surface area contributed by atoms with E-state index in [-0.39, 0.29) is 0 Å². The third-order valence-electron chi connectivity index (χ3n) is 1.88. The molecule has 0 aliphatic heterocycles. The van der Waals surface area contributed by atoms with E-state index in [0.717, 1.165) is 0 Å². The van der Waals surface area contributed by atoms with Gasteiger partial charge in [0.15, 0.2) is 0 Å². The van der Waals surface area contributed by atoms with Gasteiger partial charge in [-0.2, -0.15) is 13.2 Å². The van der Waals surface area contributed by atoms with Crippen molar-refractivity contribution in [1.82, 2.24) is 4.98 Å². The molecule has 0 atom stereocenters. The summed E-state index contributed by atoms with van der Waals surface area (Å²) >= 11 is 0. The first-order valence-corrected chi connectivity index (χ1v) is 4.43. The molecule has 0 aromatic carbocycles. The molecule has 1 aromatic rings. The highest BCUT2D eigenvalue weighted by Crippen LogP contribution is 2.26. The largest absolute Gasteiger partial charge is 0.411 e. The van der Waals surface area contributed by atoms with Gasteiger partial charge < -0.3 is 4.74 Å². The van der Waals surface area contributed by atoms with E-state index >= 15 is 0 Å². The van der Waals surface area contributed by atoms with E-state index in [1.54, 1.807) is 32.0 Å². The van der Waals surface area contributed by atoms with Gasteiger partial charge in [0.1, 0.15) is 12.2 Å². The van der Waals surface area contributed by atoms with Crippen molar-refractivity contribution in [3.63, 3.8) is 0 Å². The van der Waals surface area contributed by atoms with Crippen molar-refractivity contribution in [2.75, 3.05) is 6.61 Å². The van der Waals surface area contributed by atoms with Gasteiger partial charge in [-0.15, -0.1) is 0 Å². The number of hydrogen-bond acceptors (Lipinski definition) is 2. The number of rotatable bonds is 3. The van der Waals surface area contributed by atoms with E-state index in [9.17, 15) is 13.2 Å². The summed E-state index contributed by atoms with van der Waals surface area (Å²) in [6, 6.07) is 5.04. The lowest BCUT2D eigenvalue weighted by Crippen LogP contribution is -2.29. The molecule has 0 fully saturated rings. The minimum absolute atomic E-state index is 0.481. The summed E-state index contributed by atoms with van der Waals surface area (Å²) in [6.07, 6.45) is -2.79. The second kappa shape index (κ2) is 4.18. The van der Waals surface area contributed by atoms with Crippen LogP contribution in [0.5, 0.6) is 0 Å². The maximum Gasteiger partial charge on any atom is 0.411 e. The molecule has 1 aromatic heterocycles. The molecule has 0 amide bonds. The van der Waals surface area contributed by atoms with Crippen LogP contribution in [-0.4, -0.2) is 17.8 Å². The Morgan fingerprint density at radius 2 is 1.93 bits per heavy atom. The Hall–Kier alpha value is -1.10. The topological polar surface area (TPSA) is 22.1 Å². The highest BCUT2D eigenvalue weighted by molar-refractivity contribution is 5.10. The summed E-state index contributed by atoms with van der Waals surface area (Å²) in [5, 5.41) is 0. The highest BCUT2D eigenvalue weighted by Gasteiger charge is 2.33. The fourth-order valence-electron chi connectivity index (χ4n) is 1.06. The Morgan fingerprint density at radius 1 is 1.27 bits per heavy atom. The zero-order chi connectivity index (χ0) is 11.5. The zero-order valence-electron chi connectivity index (χ0n) is 8.51. The van der Waals surface area contributed by atoms with Crippen LogP contribution in [0.2, 0.25) is 0 Å². The van der Waals surface area contributed by atoms with E-state index < -0.39 is 18.4 Å².